The first kappa shape index (κ1) is 31.1. The van der Waals surface area contributed by atoms with Crippen LogP contribution in [-0.4, -0.2) is 59.0 Å². The van der Waals surface area contributed by atoms with E-state index in [1.165, 1.54) is 56.5 Å². The second-order valence-corrected chi connectivity index (χ2v) is 11.4. The summed E-state index contributed by atoms with van der Waals surface area (Å²) in [6, 6.07) is 16.2. The molecule has 0 aliphatic carbocycles. The molecule has 3 aromatic carbocycles. The molecule has 1 N–H and O–H groups in total. The third-order valence-corrected chi connectivity index (χ3v) is 8.63. The number of halogens is 2. The van der Waals surface area contributed by atoms with Gasteiger partial charge in [0.05, 0.1) is 24.8 Å². The Morgan fingerprint density at radius 1 is 0.950 bits per heavy atom. The second kappa shape index (κ2) is 13.7. The fraction of sp³-hybridized carbons (Fsp3) is 0.286. The van der Waals surface area contributed by atoms with Crippen LogP contribution in [0.25, 0.3) is 0 Å². The number of ether oxygens (including phenoxy) is 2. The number of sulfonamides is 1. The lowest BCUT2D eigenvalue weighted by atomic mass is 10.1. The second-order valence-electron chi connectivity index (χ2n) is 8.66. The molecule has 0 radical (unpaired) electrons. The zero-order valence-corrected chi connectivity index (χ0v) is 24.9. The Kier molecular flexibility index (Phi) is 10.7. The molecule has 2 amide bonds. The van der Waals surface area contributed by atoms with Gasteiger partial charge in [0.2, 0.25) is 11.8 Å². The Bertz CT molecular complexity index is 1450. The molecule has 0 fully saturated rings. The molecule has 9 nitrogen and oxygen atoms in total. The van der Waals surface area contributed by atoms with Crippen LogP contribution in [0.3, 0.4) is 0 Å². The number of rotatable bonds is 12. The number of benzene rings is 3. The Labute approximate surface area is 244 Å². The van der Waals surface area contributed by atoms with E-state index in [1.807, 2.05) is 0 Å². The molecule has 0 spiro atoms. The van der Waals surface area contributed by atoms with E-state index in [0.717, 1.165) is 4.31 Å². The predicted molar refractivity (Wildman–Crippen MR) is 156 cm³/mol. The molecule has 0 bridgehead atoms. The third kappa shape index (κ3) is 6.99. The Balaban J connectivity index is 2.12. The molecule has 12 heteroatoms. The largest absolute Gasteiger partial charge is 0.493 e. The van der Waals surface area contributed by atoms with E-state index >= 15 is 0 Å². The van der Waals surface area contributed by atoms with Crippen LogP contribution < -0.4 is 19.1 Å². The zero-order valence-electron chi connectivity index (χ0n) is 22.6. The van der Waals surface area contributed by atoms with Crippen molar-refractivity contribution in [2.24, 2.45) is 0 Å². The van der Waals surface area contributed by atoms with Gasteiger partial charge < -0.3 is 19.7 Å². The highest BCUT2D eigenvalue weighted by atomic mass is 35.5. The van der Waals surface area contributed by atoms with Crippen molar-refractivity contribution >= 4 is 50.7 Å². The van der Waals surface area contributed by atoms with E-state index in [1.54, 1.807) is 43.3 Å². The highest BCUT2D eigenvalue weighted by Crippen LogP contribution is 2.34. The minimum atomic E-state index is -4.23. The highest BCUT2D eigenvalue weighted by Gasteiger charge is 2.34. The fourth-order valence-electron chi connectivity index (χ4n) is 4.15. The number of likely N-dealkylation sites (N-methyl/N-ethyl adjacent to an activating group) is 1. The number of carbonyl (C=O) groups excluding carboxylic acids is 2. The van der Waals surface area contributed by atoms with Gasteiger partial charge in [-0.1, -0.05) is 54.4 Å². The molecule has 0 saturated heterocycles. The Hall–Kier alpha value is -3.47. The number of methoxy groups -OCH3 is 2. The van der Waals surface area contributed by atoms with Gasteiger partial charge in [-0.2, -0.15) is 0 Å². The van der Waals surface area contributed by atoms with E-state index in [0.29, 0.717) is 21.4 Å². The average molecular weight is 609 g/mol. The predicted octanol–water partition coefficient (Wildman–Crippen LogP) is 4.76. The third-order valence-electron chi connectivity index (χ3n) is 6.25. The van der Waals surface area contributed by atoms with Gasteiger partial charge in [-0.25, -0.2) is 8.42 Å². The summed E-state index contributed by atoms with van der Waals surface area (Å²) in [5, 5.41) is 3.31. The molecule has 1 atom stereocenters. The van der Waals surface area contributed by atoms with Gasteiger partial charge >= 0.3 is 0 Å². The maximum Gasteiger partial charge on any atom is 0.264 e. The summed E-state index contributed by atoms with van der Waals surface area (Å²) in [5.41, 5.74) is 0.720. The lowest BCUT2D eigenvalue weighted by molar-refractivity contribution is -0.140. The standard InChI is InChI=1S/C28H31Cl2N3O6S/c1-5-24(28(35)31-2)32(17-19-11-12-20(29)15-23(19)30)27(34)18-33(40(36,37)22-9-7-6-8-10-22)21-13-14-25(38-3)26(16-21)39-4/h6-16,24H,5,17-18H2,1-4H3,(H,31,35)/t24-/m0/s1. The molecule has 0 unspecified atom stereocenters. The van der Waals surface area contributed by atoms with Crippen molar-refractivity contribution in [3.63, 3.8) is 0 Å². The maximum atomic E-state index is 14.0. The van der Waals surface area contributed by atoms with E-state index in [9.17, 15) is 18.0 Å². The molecule has 0 aliphatic heterocycles. The van der Waals surface area contributed by atoms with Gasteiger partial charge in [-0.15, -0.1) is 0 Å². The Morgan fingerprint density at radius 2 is 1.62 bits per heavy atom. The molecule has 40 heavy (non-hydrogen) atoms. The van der Waals surface area contributed by atoms with Crippen LogP contribution in [0.15, 0.2) is 71.6 Å². The lowest BCUT2D eigenvalue weighted by Crippen LogP contribution is -2.51. The molecule has 214 valence electrons. The van der Waals surface area contributed by atoms with Crippen LogP contribution in [0.5, 0.6) is 11.5 Å². The van der Waals surface area contributed by atoms with Crippen LogP contribution in [0.2, 0.25) is 10.0 Å². The number of hydrogen-bond acceptors (Lipinski definition) is 6. The number of nitrogens with zero attached hydrogens (tertiary/aromatic N) is 2. The smallest absolute Gasteiger partial charge is 0.264 e. The first-order valence-electron chi connectivity index (χ1n) is 12.3. The summed E-state index contributed by atoms with van der Waals surface area (Å²) in [5.74, 6) is -0.345. The van der Waals surface area contributed by atoms with Crippen molar-refractivity contribution < 1.29 is 27.5 Å². The van der Waals surface area contributed by atoms with Gasteiger partial charge in [0, 0.05) is 29.7 Å². The molecule has 0 heterocycles. The first-order valence-corrected chi connectivity index (χ1v) is 14.5. The average Bonchev–Trinajstić information content (AvgIpc) is 2.96. The first-order chi connectivity index (χ1) is 19.1. The number of hydrogen-bond donors (Lipinski definition) is 1. The number of amides is 2. The van der Waals surface area contributed by atoms with E-state index in [2.05, 4.69) is 5.32 Å². The van der Waals surface area contributed by atoms with Gasteiger partial charge in [0.1, 0.15) is 12.6 Å². The van der Waals surface area contributed by atoms with Gasteiger partial charge in [-0.3, -0.25) is 13.9 Å². The van der Waals surface area contributed by atoms with Crippen molar-refractivity contribution in [2.75, 3.05) is 32.1 Å². The number of anilines is 1. The summed E-state index contributed by atoms with van der Waals surface area (Å²) in [6.07, 6.45) is 0.276. The summed E-state index contributed by atoms with van der Waals surface area (Å²) in [6.45, 7) is 1.10. The summed E-state index contributed by atoms with van der Waals surface area (Å²) >= 11 is 12.4. The lowest BCUT2D eigenvalue weighted by Gasteiger charge is -2.33. The highest BCUT2D eigenvalue weighted by molar-refractivity contribution is 7.92. The quantitative estimate of drug-likeness (QED) is 0.318. The van der Waals surface area contributed by atoms with Crippen molar-refractivity contribution in [3.8, 4) is 11.5 Å². The van der Waals surface area contributed by atoms with Gasteiger partial charge in [0.15, 0.2) is 11.5 Å². The van der Waals surface area contributed by atoms with Gasteiger partial charge in [-0.05, 0) is 48.4 Å². The summed E-state index contributed by atoms with van der Waals surface area (Å²) in [4.78, 5) is 28.1. The molecule has 3 rings (SSSR count). The topological polar surface area (TPSA) is 105 Å². The SMILES string of the molecule is CC[C@@H](C(=O)NC)N(Cc1ccc(Cl)cc1Cl)C(=O)CN(c1ccc(OC)c(OC)c1)S(=O)(=O)c1ccccc1. The van der Waals surface area contributed by atoms with E-state index in [-0.39, 0.29) is 29.3 Å². The van der Waals surface area contributed by atoms with Crippen molar-refractivity contribution in [1.82, 2.24) is 10.2 Å². The van der Waals surface area contributed by atoms with E-state index in [4.69, 9.17) is 32.7 Å². The number of nitrogens with one attached hydrogen (secondary N) is 1. The normalized spacial score (nSPS) is 11.8. The molecular formula is C28H31Cl2N3O6S. The van der Waals surface area contributed by atoms with Crippen molar-refractivity contribution in [3.05, 3.63) is 82.3 Å². The summed E-state index contributed by atoms with van der Waals surface area (Å²) < 4.78 is 39.4. The van der Waals surface area contributed by atoms with Crippen LogP contribution in [0.4, 0.5) is 5.69 Å². The maximum absolute atomic E-state index is 14.0. The molecule has 0 aliphatic rings. The fourth-order valence-corrected chi connectivity index (χ4v) is 6.04. The van der Waals surface area contributed by atoms with E-state index < -0.39 is 34.4 Å². The van der Waals surface area contributed by atoms with Crippen LogP contribution in [0, 0.1) is 0 Å². The van der Waals surface area contributed by atoms with Crippen LogP contribution in [0.1, 0.15) is 18.9 Å². The monoisotopic (exact) mass is 607 g/mol. The van der Waals surface area contributed by atoms with Crippen LogP contribution in [-0.2, 0) is 26.2 Å². The minimum absolute atomic E-state index is 0.0109. The van der Waals surface area contributed by atoms with Crippen LogP contribution >= 0.6 is 23.2 Å². The van der Waals surface area contributed by atoms with Gasteiger partial charge in [0.25, 0.3) is 10.0 Å². The molecule has 0 aromatic heterocycles. The summed E-state index contributed by atoms with van der Waals surface area (Å²) in [7, 11) is 0.132. The molecular weight excluding hydrogens is 577 g/mol. The van der Waals surface area contributed by atoms with Crippen molar-refractivity contribution in [1.29, 1.82) is 0 Å². The molecule has 3 aromatic rings. The van der Waals surface area contributed by atoms with Crippen molar-refractivity contribution in [2.45, 2.75) is 30.8 Å². The minimum Gasteiger partial charge on any atom is -0.493 e. The zero-order chi connectivity index (χ0) is 29.4. The number of carbonyl (C=O) groups is 2. The molecule has 0 saturated carbocycles. The Morgan fingerprint density at radius 3 is 2.20 bits per heavy atom.